The second-order valence-electron chi connectivity index (χ2n) is 3.52. The SMILES string of the molecule is c1cncc(CCC2C[N]CCO2)c1. The molecule has 1 aromatic rings. The Morgan fingerprint density at radius 2 is 2.50 bits per heavy atom. The highest BCUT2D eigenvalue weighted by Crippen LogP contribution is 2.07. The van der Waals surface area contributed by atoms with E-state index in [4.69, 9.17) is 4.74 Å². The van der Waals surface area contributed by atoms with E-state index in [1.54, 1.807) is 6.20 Å². The Morgan fingerprint density at radius 3 is 3.21 bits per heavy atom. The van der Waals surface area contributed by atoms with Crippen molar-refractivity contribution >= 4 is 0 Å². The highest BCUT2D eigenvalue weighted by atomic mass is 16.5. The molecule has 1 aromatic heterocycles. The van der Waals surface area contributed by atoms with Gasteiger partial charge in [-0.3, -0.25) is 4.98 Å². The van der Waals surface area contributed by atoms with Gasteiger partial charge in [0.2, 0.25) is 0 Å². The maximum atomic E-state index is 5.59. The fraction of sp³-hybridized carbons (Fsp3) is 0.545. The molecule has 75 valence electrons. The van der Waals surface area contributed by atoms with Gasteiger partial charge in [0.1, 0.15) is 0 Å². The summed E-state index contributed by atoms with van der Waals surface area (Å²) in [4.78, 5) is 4.08. The molecule has 0 spiro atoms. The van der Waals surface area contributed by atoms with Gasteiger partial charge in [-0.15, -0.1) is 0 Å². The lowest BCUT2D eigenvalue weighted by atomic mass is 10.1. The van der Waals surface area contributed by atoms with Gasteiger partial charge in [-0.05, 0) is 24.5 Å². The number of hydrogen-bond acceptors (Lipinski definition) is 2. The highest BCUT2D eigenvalue weighted by molar-refractivity contribution is 5.08. The molecule has 3 nitrogen and oxygen atoms in total. The monoisotopic (exact) mass is 191 g/mol. The van der Waals surface area contributed by atoms with Gasteiger partial charge in [-0.25, -0.2) is 5.32 Å². The fourth-order valence-electron chi connectivity index (χ4n) is 1.62. The molecular weight excluding hydrogens is 176 g/mol. The minimum absolute atomic E-state index is 0.323. The number of pyridine rings is 1. The number of rotatable bonds is 3. The first-order valence-corrected chi connectivity index (χ1v) is 5.09. The number of aromatic nitrogens is 1. The van der Waals surface area contributed by atoms with E-state index in [2.05, 4.69) is 16.4 Å². The zero-order valence-electron chi connectivity index (χ0n) is 8.22. The van der Waals surface area contributed by atoms with Crippen molar-refractivity contribution in [2.75, 3.05) is 19.7 Å². The lowest BCUT2D eigenvalue weighted by Crippen LogP contribution is -2.34. The third kappa shape index (κ3) is 2.79. The Hall–Kier alpha value is -0.930. The molecule has 1 aliphatic rings. The molecule has 0 N–H and O–H groups in total. The van der Waals surface area contributed by atoms with E-state index in [9.17, 15) is 0 Å². The third-order valence-electron chi connectivity index (χ3n) is 2.41. The fourth-order valence-corrected chi connectivity index (χ4v) is 1.62. The number of hydrogen-bond donors (Lipinski definition) is 0. The Kier molecular flexibility index (Phi) is 3.49. The van der Waals surface area contributed by atoms with Crippen molar-refractivity contribution in [3.8, 4) is 0 Å². The Balaban J connectivity index is 1.76. The topological polar surface area (TPSA) is 36.2 Å². The summed E-state index contributed by atoms with van der Waals surface area (Å²) in [7, 11) is 0. The zero-order chi connectivity index (χ0) is 9.64. The summed E-state index contributed by atoms with van der Waals surface area (Å²) in [6.07, 6.45) is 6.13. The maximum absolute atomic E-state index is 5.59. The zero-order valence-corrected chi connectivity index (χ0v) is 8.22. The second-order valence-corrected chi connectivity index (χ2v) is 3.52. The van der Waals surface area contributed by atoms with Crippen LogP contribution in [0.5, 0.6) is 0 Å². The summed E-state index contributed by atoms with van der Waals surface area (Å²) in [5.74, 6) is 0. The summed E-state index contributed by atoms with van der Waals surface area (Å²) < 4.78 is 5.59. The number of ether oxygens (including phenoxy) is 1. The minimum Gasteiger partial charge on any atom is -0.375 e. The predicted octanol–water partition coefficient (Wildman–Crippen LogP) is 1.02. The van der Waals surface area contributed by atoms with E-state index in [1.807, 2.05) is 12.3 Å². The summed E-state index contributed by atoms with van der Waals surface area (Å²) in [5.41, 5.74) is 1.28. The molecule has 0 aromatic carbocycles. The molecule has 0 aliphatic carbocycles. The van der Waals surface area contributed by atoms with E-state index in [1.165, 1.54) is 5.56 Å². The van der Waals surface area contributed by atoms with Crippen LogP contribution in [-0.2, 0) is 11.2 Å². The standard InChI is InChI=1S/C11H15N2O/c1-2-10(8-12-5-1)3-4-11-9-13-6-7-14-11/h1-2,5,8,11H,3-4,6-7,9H2. The first-order chi connectivity index (χ1) is 6.95. The molecule has 14 heavy (non-hydrogen) atoms. The summed E-state index contributed by atoms with van der Waals surface area (Å²) in [6, 6.07) is 4.08. The van der Waals surface area contributed by atoms with Gasteiger partial charge in [0, 0.05) is 25.5 Å². The molecule has 3 heteroatoms. The molecule has 0 saturated carbocycles. The molecule has 2 heterocycles. The molecule has 0 amide bonds. The van der Waals surface area contributed by atoms with Crippen molar-refractivity contribution in [3.63, 3.8) is 0 Å². The normalized spacial score (nSPS) is 22.1. The van der Waals surface area contributed by atoms with Crippen molar-refractivity contribution in [3.05, 3.63) is 30.1 Å². The van der Waals surface area contributed by atoms with Crippen molar-refractivity contribution in [1.82, 2.24) is 10.3 Å². The average molecular weight is 191 g/mol. The summed E-state index contributed by atoms with van der Waals surface area (Å²) >= 11 is 0. The predicted molar refractivity (Wildman–Crippen MR) is 54.2 cm³/mol. The molecule has 2 rings (SSSR count). The van der Waals surface area contributed by atoms with Gasteiger partial charge < -0.3 is 4.74 Å². The molecular formula is C11H15N2O. The number of nitrogens with zero attached hydrogens (tertiary/aromatic N) is 2. The quantitative estimate of drug-likeness (QED) is 0.715. The Morgan fingerprint density at radius 1 is 1.50 bits per heavy atom. The van der Waals surface area contributed by atoms with Gasteiger partial charge in [-0.1, -0.05) is 6.07 Å². The van der Waals surface area contributed by atoms with Crippen LogP contribution in [0.2, 0.25) is 0 Å². The maximum Gasteiger partial charge on any atom is 0.0720 e. The lowest BCUT2D eigenvalue weighted by molar-refractivity contribution is 0.0223. The Bertz CT molecular complexity index is 257. The van der Waals surface area contributed by atoms with Crippen LogP contribution in [0, 0.1) is 0 Å². The molecule has 1 radical (unpaired) electrons. The molecule has 1 aliphatic heterocycles. The van der Waals surface area contributed by atoms with E-state index >= 15 is 0 Å². The second kappa shape index (κ2) is 5.08. The Labute approximate surface area is 84.5 Å². The average Bonchev–Trinajstić information content (AvgIpc) is 2.29. The van der Waals surface area contributed by atoms with Crippen LogP contribution in [0.15, 0.2) is 24.5 Å². The van der Waals surface area contributed by atoms with Crippen molar-refractivity contribution in [2.24, 2.45) is 0 Å². The number of aryl methyl sites for hydroxylation is 1. The lowest BCUT2D eigenvalue weighted by Gasteiger charge is -2.22. The first kappa shape index (κ1) is 9.62. The van der Waals surface area contributed by atoms with Crippen LogP contribution >= 0.6 is 0 Å². The largest absolute Gasteiger partial charge is 0.375 e. The van der Waals surface area contributed by atoms with Crippen LogP contribution in [0.4, 0.5) is 0 Å². The smallest absolute Gasteiger partial charge is 0.0720 e. The van der Waals surface area contributed by atoms with Crippen molar-refractivity contribution in [2.45, 2.75) is 18.9 Å². The molecule has 1 atom stereocenters. The van der Waals surface area contributed by atoms with Gasteiger partial charge in [-0.2, -0.15) is 0 Å². The van der Waals surface area contributed by atoms with Crippen LogP contribution in [0.25, 0.3) is 0 Å². The molecule has 1 unspecified atom stereocenters. The van der Waals surface area contributed by atoms with Crippen LogP contribution in [0.1, 0.15) is 12.0 Å². The van der Waals surface area contributed by atoms with Crippen LogP contribution in [0.3, 0.4) is 0 Å². The van der Waals surface area contributed by atoms with Gasteiger partial charge in [0.05, 0.1) is 12.7 Å². The van der Waals surface area contributed by atoms with E-state index < -0.39 is 0 Å². The molecule has 1 fully saturated rings. The summed E-state index contributed by atoms with van der Waals surface area (Å²) in [5, 5.41) is 4.33. The van der Waals surface area contributed by atoms with E-state index in [-0.39, 0.29) is 0 Å². The minimum atomic E-state index is 0.323. The molecule has 1 saturated heterocycles. The van der Waals surface area contributed by atoms with Gasteiger partial charge in [0.15, 0.2) is 0 Å². The molecule has 0 bridgehead atoms. The third-order valence-corrected chi connectivity index (χ3v) is 2.41. The van der Waals surface area contributed by atoms with Crippen molar-refractivity contribution in [1.29, 1.82) is 0 Å². The highest BCUT2D eigenvalue weighted by Gasteiger charge is 2.13. The first-order valence-electron chi connectivity index (χ1n) is 5.09. The van der Waals surface area contributed by atoms with Crippen LogP contribution in [-0.4, -0.2) is 30.8 Å². The van der Waals surface area contributed by atoms with E-state index in [0.29, 0.717) is 6.10 Å². The number of morpholine rings is 1. The summed E-state index contributed by atoms with van der Waals surface area (Å²) in [6.45, 7) is 2.52. The van der Waals surface area contributed by atoms with Crippen LogP contribution < -0.4 is 5.32 Å². The van der Waals surface area contributed by atoms with Gasteiger partial charge >= 0.3 is 0 Å². The van der Waals surface area contributed by atoms with Gasteiger partial charge in [0.25, 0.3) is 0 Å². The van der Waals surface area contributed by atoms with E-state index in [0.717, 1.165) is 32.5 Å². The van der Waals surface area contributed by atoms with Crippen molar-refractivity contribution < 1.29 is 4.74 Å².